The summed E-state index contributed by atoms with van der Waals surface area (Å²) in [7, 11) is 1.94. The summed E-state index contributed by atoms with van der Waals surface area (Å²) in [5, 5.41) is 16.0. The first-order valence-corrected chi connectivity index (χ1v) is 5.65. The van der Waals surface area contributed by atoms with Gasteiger partial charge in [-0.05, 0) is 26.0 Å². The monoisotopic (exact) mass is 227 g/mol. The number of aromatic nitrogens is 2. The highest BCUT2D eigenvalue weighted by Crippen LogP contribution is 2.09. The summed E-state index contributed by atoms with van der Waals surface area (Å²) in [6.07, 6.45) is 2.75. The lowest BCUT2D eigenvalue weighted by atomic mass is 10.2. The van der Waals surface area contributed by atoms with Gasteiger partial charge in [-0.1, -0.05) is 0 Å². The Bertz CT molecular complexity index is 289. The molecule has 1 rings (SSSR count). The maximum absolute atomic E-state index is 8.52. The molecule has 0 spiro atoms. The van der Waals surface area contributed by atoms with Gasteiger partial charge in [0.15, 0.2) is 0 Å². The first kappa shape index (κ1) is 13.2. The fraction of sp³-hybridized carbons (Fsp3) is 0.727. The van der Waals surface area contributed by atoms with Gasteiger partial charge >= 0.3 is 0 Å². The molecule has 92 valence electrons. The first-order chi connectivity index (χ1) is 7.75. The minimum Gasteiger partial charge on any atom is -0.394 e. The summed E-state index contributed by atoms with van der Waals surface area (Å²) >= 11 is 0. The van der Waals surface area contributed by atoms with Gasteiger partial charge in [-0.15, -0.1) is 0 Å². The van der Waals surface area contributed by atoms with E-state index in [2.05, 4.69) is 17.3 Å². The lowest BCUT2D eigenvalue weighted by molar-refractivity contribution is 0.0904. The molecule has 0 aliphatic rings. The molecule has 5 nitrogen and oxygen atoms in total. The fourth-order valence-corrected chi connectivity index (χ4v) is 1.57. The number of aryl methyl sites for hydroxylation is 1. The Morgan fingerprint density at radius 2 is 2.38 bits per heavy atom. The van der Waals surface area contributed by atoms with E-state index in [0.717, 1.165) is 13.0 Å². The van der Waals surface area contributed by atoms with Crippen molar-refractivity contribution in [1.29, 1.82) is 0 Å². The zero-order chi connectivity index (χ0) is 11.8. The van der Waals surface area contributed by atoms with Gasteiger partial charge in [0.1, 0.15) is 0 Å². The third-order valence-electron chi connectivity index (χ3n) is 2.45. The van der Waals surface area contributed by atoms with Crippen molar-refractivity contribution in [3.05, 3.63) is 18.0 Å². The van der Waals surface area contributed by atoms with Gasteiger partial charge in [-0.25, -0.2) is 0 Å². The van der Waals surface area contributed by atoms with Crippen LogP contribution in [0.3, 0.4) is 0 Å². The molecule has 0 aromatic carbocycles. The number of nitrogens with zero attached hydrogens (tertiary/aromatic N) is 2. The summed E-state index contributed by atoms with van der Waals surface area (Å²) in [5.41, 5.74) is 1.18. The molecule has 0 saturated carbocycles. The van der Waals surface area contributed by atoms with Crippen molar-refractivity contribution in [3.63, 3.8) is 0 Å². The van der Waals surface area contributed by atoms with Crippen LogP contribution in [0.25, 0.3) is 0 Å². The van der Waals surface area contributed by atoms with Gasteiger partial charge in [0.2, 0.25) is 0 Å². The maximum Gasteiger partial charge on any atom is 0.0697 e. The molecule has 1 atom stereocenters. The van der Waals surface area contributed by atoms with Crippen LogP contribution in [-0.2, 0) is 11.8 Å². The van der Waals surface area contributed by atoms with Crippen LogP contribution in [0, 0.1) is 0 Å². The van der Waals surface area contributed by atoms with E-state index < -0.39 is 0 Å². The predicted molar refractivity (Wildman–Crippen MR) is 62.1 cm³/mol. The topological polar surface area (TPSA) is 59.3 Å². The van der Waals surface area contributed by atoms with Crippen LogP contribution in [-0.4, -0.2) is 41.3 Å². The zero-order valence-corrected chi connectivity index (χ0v) is 10.0. The van der Waals surface area contributed by atoms with Crippen LogP contribution in [0.5, 0.6) is 0 Å². The maximum atomic E-state index is 8.52. The molecule has 0 bridgehead atoms. The molecular weight excluding hydrogens is 206 g/mol. The summed E-state index contributed by atoms with van der Waals surface area (Å²) in [6.45, 7) is 4.23. The van der Waals surface area contributed by atoms with Crippen LogP contribution in [0.15, 0.2) is 12.3 Å². The predicted octanol–water partition coefficient (Wildman–Crippen LogP) is 0.470. The van der Waals surface area contributed by atoms with Crippen molar-refractivity contribution in [1.82, 2.24) is 15.1 Å². The van der Waals surface area contributed by atoms with Crippen molar-refractivity contribution < 1.29 is 9.84 Å². The third kappa shape index (κ3) is 4.30. The van der Waals surface area contributed by atoms with E-state index in [9.17, 15) is 0 Å². The average Bonchev–Trinajstić information content (AvgIpc) is 2.69. The van der Waals surface area contributed by atoms with Crippen molar-refractivity contribution in [2.75, 3.05) is 26.4 Å². The molecule has 1 unspecified atom stereocenters. The molecule has 0 fully saturated rings. The highest BCUT2D eigenvalue weighted by atomic mass is 16.5. The van der Waals surface area contributed by atoms with Crippen molar-refractivity contribution in [2.45, 2.75) is 19.4 Å². The smallest absolute Gasteiger partial charge is 0.0697 e. The Labute approximate surface area is 96.4 Å². The van der Waals surface area contributed by atoms with Gasteiger partial charge in [0.25, 0.3) is 0 Å². The van der Waals surface area contributed by atoms with E-state index in [0.29, 0.717) is 19.3 Å². The second-order valence-electron chi connectivity index (χ2n) is 3.75. The summed E-state index contributed by atoms with van der Waals surface area (Å²) in [4.78, 5) is 0. The van der Waals surface area contributed by atoms with Crippen LogP contribution in [0.4, 0.5) is 0 Å². The van der Waals surface area contributed by atoms with Gasteiger partial charge in [0, 0.05) is 25.9 Å². The minimum atomic E-state index is 0.0961. The van der Waals surface area contributed by atoms with E-state index in [-0.39, 0.29) is 6.61 Å². The molecule has 1 aromatic heterocycles. The molecule has 0 aliphatic heterocycles. The number of aliphatic hydroxyl groups is 1. The quantitative estimate of drug-likeness (QED) is 0.634. The summed E-state index contributed by atoms with van der Waals surface area (Å²) in [5.74, 6) is 0. The first-order valence-electron chi connectivity index (χ1n) is 5.65. The van der Waals surface area contributed by atoms with Gasteiger partial charge < -0.3 is 15.2 Å². The summed E-state index contributed by atoms with van der Waals surface area (Å²) < 4.78 is 7.05. The van der Waals surface area contributed by atoms with Crippen LogP contribution in [0.1, 0.15) is 25.1 Å². The highest BCUT2D eigenvalue weighted by molar-refractivity contribution is 5.04. The van der Waals surface area contributed by atoms with E-state index >= 15 is 0 Å². The van der Waals surface area contributed by atoms with Gasteiger partial charge in [-0.3, -0.25) is 4.68 Å². The molecule has 0 saturated heterocycles. The van der Waals surface area contributed by atoms with E-state index in [4.69, 9.17) is 9.84 Å². The minimum absolute atomic E-state index is 0.0961. The number of hydrogen-bond acceptors (Lipinski definition) is 4. The standard InChI is InChI=1S/C11H21N3O2/c1-10(11-4-6-13-14(11)2)12-5-3-8-16-9-7-15/h4,6,10,12,15H,3,5,7-9H2,1-2H3. The molecule has 16 heavy (non-hydrogen) atoms. The second-order valence-corrected chi connectivity index (χ2v) is 3.75. The van der Waals surface area contributed by atoms with Crippen molar-refractivity contribution in [3.8, 4) is 0 Å². The Balaban J connectivity index is 2.11. The normalized spacial score (nSPS) is 12.9. The molecule has 2 N–H and O–H groups in total. The lowest BCUT2D eigenvalue weighted by Gasteiger charge is -2.13. The molecule has 1 heterocycles. The third-order valence-corrected chi connectivity index (χ3v) is 2.45. The number of ether oxygens (including phenoxy) is 1. The highest BCUT2D eigenvalue weighted by Gasteiger charge is 2.07. The van der Waals surface area contributed by atoms with Gasteiger partial charge in [0.05, 0.1) is 18.9 Å². The van der Waals surface area contributed by atoms with Crippen LogP contribution in [0.2, 0.25) is 0 Å². The number of hydrogen-bond donors (Lipinski definition) is 2. The Hall–Kier alpha value is -0.910. The number of rotatable bonds is 8. The molecule has 1 aromatic rings. The Morgan fingerprint density at radius 3 is 3.00 bits per heavy atom. The van der Waals surface area contributed by atoms with Gasteiger partial charge in [-0.2, -0.15) is 5.10 Å². The summed E-state index contributed by atoms with van der Waals surface area (Å²) in [6, 6.07) is 2.31. The largest absolute Gasteiger partial charge is 0.394 e. The zero-order valence-electron chi connectivity index (χ0n) is 10.0. The molecule has 0 amide bonds. The fourth-order valence-electron chi connectivity index (χ4n) is 1.57. The molecule has 5 heteroatoms. The molecule has 0 aliphatic carbocycles. The van der Waals surface area contributed by atoms with Crippen LogP contribution >= 0.6 is 0 Å². The van der Waals surface area contributed by atoms with E-state index in [1.165, 1.54) is 5.69 Å². The number of aliphatic hydroxyl groups excluding tert-OH is 1. The lowest BCUT2D eigenvalue weighted by Crippen LogP contribution is -2.23. The van der Waals surface area contributed by atoms with E-state index in [1.807, 2.05) is 17.8 Å². The molecular formula is C11H21N3O2. The number of nitrogens with one attached hydrogen (secondary N) is 1. The molecule has 0 radical (unpaired) electrons. The average molecular weight is 227 g/mol. The SMILES string of the molecule is CC(NCCCOCCO)c1ccnn1C. The van der Waals surface area contributed by atoms with E-state index in [1.54, 1.807) is 6.20 Å². The Morgan fingerprint density at radius 1 is 1.56 bits per heavy atom. The second kappa shape index (κ2) is 7.38. The van der Waals surface area contributed by atoms with Crippen molar-refractivity contribution >= 4 is 0 Å². The van der Waals surface area contributed by atoms with Crippen molar-refractivity contribution in [2.24, 2.45) is 7.05 Å². The Kier molecular flexibility index (Phi) is 6.07. The van der Waals surface area contributed by atoms with Crippen LogP contribution < -0.4 is 5.32 Å².